The van der Waals surface area contributed by atoms with Crippen molar-refractivity contribution in [2.24, 2.45) is 0 Å². The molecular weight excluding hydrogens is 240 g/mol. The molecule has 6 heteroatoms. The highest BCUT2D eigenvalue weighted by molar-refractivity contribution is 5.69. The second-order valence-electron chi connectivity index (χ2n) is 4.35. The number of carbonyl (C=O) groups excluding carboxylic acids is 1. The monoisotopic (exact) mass is 258 g/mol. The van der Waals surface area contributed by atoms with Crippen molar-refractivity contribution in [3.8, 4) is 0 Å². The molecule has 1 rings (SSSR count). The van der Waals surface area contributed by atoms with Crippen LogP contribution in [0.2, 0.25) is 0 Å². The summed E-state index contributed by atoms with van der Waals surface area (Å²) in [6.07, 6.45) is 3.03. The Morgan fingerprint density at radius 3 is 2.28 bits per heavy atom. The van der Waals surface area contributed by atoms with Crippen LogP contribution in [0.1, 0.15) is 39.5 Å². The average molecular weight is 258 g/mol. The van der Waals surface area contributed by atoms with Crippen LogP contribution in [0, 0.1) is 0 Å². The normalized spacial score (nSPS) is 16.2. The van der Waals surface area contributed by atoms with Gasteiger partial charge in [0.2, 0.25) is 0 Å². The van der Waals surface area contributed by atoms with Gasteiger partial charge in [0.25, 0.3) is 5.79 Å². The van der Waals surface area contributed by atoms with Crippen molar-refractivity contribution in [1.82, 2.24) is 0 Å². The van der Waals surface area contributed by atoms with Crippen molar-refractivity contribution in [1.29, 1.82) is 0 Å². The summed E-state index contributed by atoms with van der Waals surface area (Å²) in [5, 5.41) is 8.66. The number of hydrogen-bond donors (Lipinski definition) is 1. The first-order valence-corrected chi connectivity index (χ1v) is 5.85. The highest BCUT2D eigenvalue weighted by Gasteiger charge is 2.36. The topological polar surface area (TPSA) is 82.1 Å². The lowest BCUT2D eigenvalue weighted by Crippen LogP contribution is -2.32. The SMILES string of the molecule is CC(C)OC(=O)CCC1(CCC(=O)O)OC=CO1. The maximum absolute atomic E-state index is 11.4. The molecule has 0 unspecified atom stereocenters. The highest BCUT2D eigenvalue weighted by atomic mass is 16.7. The molecule has 0 radical (unpaired) electrons. The van der Waals surface area contributed by atoms with Gasteiger partial charge in [-0.3, -0.25) is 9.59 Å². The number of aliphatic carboxylic acids is 1. The van der Waals surface area contributed by atoms with E-state index in [-0.39, 0.29) is 37.8 Å². The van der Waals surface area contributed by atoms with E-state index in [2.05, 4.69) is 0 Å². The minimum Gasteiger partial charge on any atom is -0.481 e. The number of esters is 1. The van der Waals surface area contributed by atoms with Gasteiger partial charge in [-0.05, 0) is 13.8 Å². The lowest BCUT2D eigenvalue weighted by atomic mass is 10.0. The number of ether oxygens (including phenoxy) is 3. The van der Waals surface area contributed by atoms with Gasteiger partial charge < -0.3 is 19.3 Å². The molecule has 0 amide bonds. The van der Waals surface area contributed by atoms with E-state index in [0.717, 1.165) is 0 Å². The molecule has 0 aliphatic carbocycles. The molecule has 0 aromatic heterocycles. The van der Waals surface area contributed by atoms with E-state index in [1.165, 1.54) is 12.5 Å². The molecule has 0 fully saturated rings. The molecule has 0 saturated carbocycles. The van der Waals surface area contributed by atoms with Crippen molar-refractivity contribution >= 4 is 11.9 Å². The van der Waals surface area contributed by atoms with E-state index >= 15 is 0 Å². The molecule has 18 heavy (non-hydrogen) atoms. The van der Waals surface area contributed by atoms with Crippen LogP contribution in [-0.4, -0.2) is 28.9 Å². The predicted molar refractivity (Wildman–Crippen MR) is 61.4 cm³/mol. The zero-order chi connectivity index (χ0) is 13.6. The van der Waals surface area contributed by atoms with E-state index in [0.29, 0.717) is 0 Å². The molecule has 0 saturated heterocycles. The highest BCUT2D eigenvalue weighted by Crippen LogP contribution is 2.30. The smallest absolute Gasteiger partial charge is 0.306 e. The molecule has 0 aromatic carbocycles. The summed E-state index contributed by atoms with van der Waals surface area (Å²) in [7, 11) is 0. The quantitative estimate of drug-likeness (QED) is 0.701. The third-order valence-electron chi connectivity index (χ3n) is 2.42. The van der Waals surface area contributed by atoms with Gasteiger partial charge in [0, 0.05) is 12.8 Å². The lowest BCUT2D eigenvalue weighted by Gasteiger charge is -2.27. The lowest BCUT2D eigenvalue weighted by molar-refractivity contribution is -0.169. The van der Waals surface area contributed by atoms with E-state index in [1.807, 2.05) is 0 Å². The fourth-order valence-electron chi connectivity index (χ4n) is 1.60. The van der Waals surface area contributed by atoms with Crippen molar-refractivity contribution in [2.45, 2.75) is 51.4 Å². The summed E-state index contributed by atoms with van der Waals surface area (Å²) in [6, 6.07) is 0. The fourth-order valence-corrected chi connectivity index (χ4v) is 1.60. The Morgan fingerprint density at radius 1 is 1.22 bits per heavy atom. The van der Waals surface area contributed by atoms with Crippen molar-refractivity contribution in [3.63, 3.8) is 0 Å². The van der Waals surface area contributed by atoms with Crippen LogP contribution in [-0.2, 0) is 23.8 Å². The molecule has 0 spiro atoms. The first-order valence-electron chi connectivity index (χ1n) is 5.85. The van der Waals surface area contributed by atoms with Gasteiger partial charge in [-0.2, -0.15) is 0 Å². The molecule has 102 valence electrons. The zero-order valence-electron chi connectivity index (χ0n) is 10.5. The molecule has 6 nitrogen and oxygen atoms in total. The Morgan fingerprint density at radius 2 is 1.78 bits per heavy atom. The second-order valence-corrected chi connectivity index (χ2v) is 4.35. The summed E-state index contributed by atoms with van der Waals surface area (Å²) in [5.74, 6) is -2.33. The number of rotatable bonds is 7. The third kappa shape index (κ3) is 4.65. The number of hydrogen-bond acceptors (Lipinski definition) is 5. The standard InChI is InChI=1S/C12H18O6/c1-9(2)18-11(15)4-6-12(5-3-10(13)14)16-7-8-17-12/h7-9H,3-6H2,1-2H3,(H,13,14). The Hall–Kier alpha value is -1.72. The fraction of sp³-hybridized carbons (Fsp3) is 0.667. The van der Waals surface area contributed by atoms with Crippen LogP contribution < -0.4 is 0 Å². The summed E-state index contributed by atoms with van der Waals surface area (Å²) < 4.78 is 15.5. The van der Waals surface area contributed by atoms with Crippen LogP contribution in [0.3, 0.4) is 0 Å². The largest absolute Gasteiger partial charge is 0.481 e. The maximum atomic E-state index is 11.4. The van der Waals surface area contributed by atoms with E-state index in [4.69, 9.17) is 19.3 Å². The Labute approximate surface area is 106 Å². The first-order chi connectivity index (χ1) is 8.43. The number of carboxylic acids is 1. The predicted octanol–water partition coefficient (Wildman–Crippen LogP) is 1.80. The molecule has 0 atom stereocenters. The van der Waals surface area contributed by atoms with Crippen LogP contribution in [0.4, 0.5) is 0 Å². The average Bonchev–Trinajstić information content (AvgIpc) is 2.72. The van der Waals surface area contributed by atoms with E-state index in [1.54, 1.807) is 13.8 Å². The number of carbonyl (C=O) groups is 2. The zero-order valence-corrected chi connectivity index (χ0v) is 10.5. The molecule has 0 aromatic rings. The van der Waals surface area contributed by atoms with Gasteiger partial charge in [-0.1, -0.05) is 0 Å². The molecule has 1 aliphatic rings. The van der Waals surface area contributed by atoms with Gasteiger partial charge in [-0.15, -0.1) is 0 Å². The summed E-state index contributed by atoms with van der Waals surface area (Å²) >= 11 is 0. The third-order valence-corrected chi connectivity index (χ3v) is 2.42. The van der Waals surface area contributed by atoms with Crippen molar-refractivity contribution in [3.05, 3.63) is 12.5 Å². The minimum atomic E-state index is -1.05. The van der Waals surface area contributed by atoms with Gasteiger partial charge in [0.15, 0.2) is 0 Å². The molecule has 0 bridgehead atoms. The van der Waals surface area contributed by atoms with Gasteiger partial charge in [-0.25, -0.2) is 0 Å². The molecule has 1 N–H and O–H groups in total. The first kappa shape index (κ1) is 14.3. The van der Waals surface area contributed by atoms with Crippen molar-refractivity contribution in [2.75, 3.05) is 0 Å². The van der Waals surface area contributed by atoms with Crippen LogP contribution in [0.15, 0.2) is 12.5 Å². The van der Waals surface area contributed by atoms with Crippen LogP contribution >= 0.6 is 0 Å². The second kappa shape index (κ2) is 6.28. The minimum absolute atomic E-state index is 0.0824. The molecule has 1 aliphatic heterocycles. The molecular formula is C12H18O6. The maximum Gasteiger partial charge on any atom is 0.306 e. The van der Waals surface area contributed by atoms with Crippen molar-refractivity contribution < 1.29 is 28.9 Å². The van der Waals surface area contributed by atoms with Gasteiger partial charge in [0.05, 0.1) is 18.9 Å². The number of carboxylic acid groups (broad SMARTS) is 1. The van der Waals surface area contributed by atoms with Crippen LogP contribution in [0.25, 0.3) is 0 Å². The van der Waals surface area contributed by atoms with E-state index in [9.17, 15) is 9.59 Å². The summed E-state index contributed by atoms with van der Waals surface area (Å²) in [6.45, 7) is 3.53. The summed E-state index contributed by atoms with van der Waals surface area (Å²) in [4.78, 5) is 22.0. The Kier molecular flexibility index (Phi) is 5.00. The van der Waals surface area contributed by atoms with Gasteiger partial charge >= 0.3 is 11.9 Å². The van der Waals surface area contributed by atoms with E-state index < -0.39 is 11.8 Å². The summed E-state index contributed by atoms with van der Waals surface area (Å²) in [5.41, 5.74) is 0. The Bertz CT molecular complexity index is 325. The molecule has 1 heterocycles. The van der Waals surface area contributed by atoms with Gasteiger partial charge in [0.1, 0.15) is 12.5 Å². The van der Waals surface area contributed by atoms with Crippen LogP contribution in [0.5, 0.6) is 0 Å². The Balaban J connectivity index is 2.43.